The summed E-state index contributed by atoms with van der Waals surface area (Å²) in [6.07, 6.45) is 0. The van der Waals surface area contributed by atoms with Gasteiger partial charge in [-0.05, 0) is 44.0 Å². The van der Waals surface area contributed by atoms with Crippen molar-refractivity contribution >= 4 is 17.8 Å². The lowest BCUT2D eigenvalue weighted by Gasteiger charge is -2.22. The summed E-state index contributed by atoms with van der Waals surface area (Å²) in [6.45, 7) is 5.99. The molecule has 2 aromatic rings. The Bertz CT molecular complexity index is 926. The number of benzene rings is 2. The molecule has 0 aromatic heterocycles. The summed E-state index contributed by atoms with van der Waals surface area (Å²) in [5.41, 5.74) is 1.42. The fourth-order valence-electron chi connectivity index (χ4n) is 3.24. The number of aryl methyl sites for hydroxylation is 1. The monoisotopic (exact) mass is 395 g/mol. The number of nitrogens with zero attached hydrogens (tertiary/aromatic N) is 1. The van der Waals surface area contributed by atoms with Gasteiger partial charge in [-0.3, -0.25) is 14.5 Å². The van der Waals surface area contributed by atoms with E-state index in [2.05, 4.69) is 10.6 Å². The number of hydrogen-bond acceptors (Lipinski definition) is 4. The largest absolute Gasteiger partial charge is 0.494 e. The number of nitrogens with one attached hydrogen (secondary N) is 2. The van der Waals surface area contributed by atoms with E-state index in [1.807, 2.05) is 62.4 Å². The van der Waals surface area contributed by atoms with Gasteiger partial charge in [0.25, 0.3) is 5.91 Å². The van der Waals surface area contributed by atoms with Crippen molar-refractivity contribution in [2.24, 2.45) is 0 Å². The van der Waals surface area contributed by atoms with Crippen LogP contribution >= 0.6 is 0 Å². The van der Waals surface area contributed by atoms with Crippen LogP contribution in [0.4, 0.5) is 4.79 Å². The van der Waals surface area contributed by atoms with Gasteiger partial charge in [0.05, 0.1) is 6.61 Å². The molecule has 4 amide bonds. The fourth-order valence-corrected chi connectivity index (χ4v) is 3.24. The molecular weight excluding hydrogens is 370 g/mol. The summed E-state index contributed by atoms with van der Waals surface area (Å²) in [6, 6.07) is 14.2. The predicted molar refractivity (Wildman–Crippen MR) is 108 cm³/mol. The van der Waals surface area contributed by atoms with Gasteiger partial charge in [0.2, 0.25) is 5.91 Å². The van der Waals surface area contributed by atoms with Gasteiger partial charge in [0.15, 0.2) is 0 Å². The number of ether oxygens (including phenoxy) is 1. The molecule has 0 aliphatic carbocycles. The molecule has 1 aliphatic heterocycles. The Morgan fingerprint density at radius 3 is 2.59 bits per heavy atom. The first-order valence-electron chi connectivity index (χ1n) is 9.53. The van der Waals surface area contributed by atoms with E-state index in [9.17, 15) is 14.4 Å². The van der Waals surface area contributed by atoms with Crippen LogP contribution in [-0.4, -0.2) is 35.9 Å². The molecule has 7 heteroatoms. The number of carbonyl (C=O) groups is 3. The van der Waals surface area contributed by atoms with E-state index in [-0.39, 0.29) is 13.1 Å². The van der Waals surface area contributed by atoms with Crippen molar-refractivity contribution in [2.75, 3.05) is 13.2 Å². The molecule has 1 atom stereocenters. The number of hydrogen-bond donors (Lipinski definition) is 2. The number of carbonyl (C=O) groups excluding carboxylic acids is 3. The molecule has 0 spiro atoms. The fraction of sp³-hybridized carbons (Fsp3) is 0.318. The maximum atomic E-state index is 12.9. The van der Waals surface area contributed by atoms with E-state index in [4.69, 9.17) is 4.74 Å². The third-order valence-corrected chi connectivity index (χ3v) is 4.90. The first-order valence-corrected chi connectivity index (χ1v) is 9.53. The molecule has 3 rings (SSSR count). The standard InChI is InChI=1S/C22H25N3O4/c1-4-29-18-7-5-6-16(12-18)13-23-19(26)14-25-20(27)22(3,24-21(25)28)17-10-8-15(2)9-11-17/h5-12H,4,13-14H2,1-3H3,(H,23,26)(H,24,28). The topological polar surface area (TPSA) is 87.7 Å². The van der Waals surface area contributed by atoms with E-state index in [1.165, 1.54) is 0 Å². The van der Waals surface area contributed by atoms with Crippen LogP contribution in [0.15, 0.2) is 48.5 Å². The molecule has 2 N–H and O–H groups in total. The summed E-state index contributed by atoms with van der Waals surface area (Å²) in [7, 11) is 0. The second-order valence-corrected chi connectivity index (χ2v) is 7.17. The Kier molecular flexibility index (Phi) is 5.87. The van der Waals surface area contributed by atoms with E-state index >= 15 is 0 Å². The molecule has 29 heavy (non-hydrogen) atoms. The lowest BCUT2D eigenvalue weighted by Crippen LogP contribution is -2.43. The van der Waals surface area contributed by atoms with Crippen molar-refractivity contribution in [2.45, 2.75) is 32.9 Å². The Balaban J connectivity index is 1.63. The first-order chi connectivity index (χ1) is 13.8. The highest BCUT2D eigenvalue weighted by Crippen LogP contribution is 2.28. The van der Waals surface area contributed by atoms with Crippen LogP contribution in [0.25, 0.3) is 0 Å². The van der Waals surface area contributed by atoms with Crippen molar-refractivity contribution in [1.29, 1.82) is 0 Å². The molecule has 1 saturated heterocycles. The predicted octanol–water partition coefficient (Wildman–Crippen LogP) is 2.48. The van der Waals surface area contributed by atoms with Crippen LogP contribution in [0.2, 0.25) is 0 Å². The van der Waals surface area contributed by atoms with E-state index in [1.54, 1.807) is 6.92 Å². The minimum Gasteiger partial charge on any atom is -0.494 e. The van der Waals surface area contributed by atoms with Crippen LogP contribution in [0.5, 0.6) is 5.75 Å². The summed E-state index contributed by atoms with van der Waals surface area (Å²) >= 11 is 0. The van der Waals surface area contributed by atoms with Crippen molar-refractivity contribution in [1.82, 2.24) is 15.5 Å². The highest BCUT2D eigenvalue weighted by atomic mass is 16.5. The average molecular weight is 395 g/mol. The van der Waals surface area contributed by atoms with Crippen LogP contribution < -0.4 is 15.4 Å². The lowest BCUT2D eigenvalue weighted by molar-refractivity contribution is -0.134. The van der Waals surface area contributed by atoms with Crippen molar-refractivity contribution < 1.29 is 19.1 Å². The molecule has 0 radical (unpaired) electrons. The minimum atomic E-state index is -1.18. The maximum Gasteiger partial charge on any atom is 0.325 e. The number of imide groups is 1. The van der Waals surface area contributed by atoms with E-state index < -0.39 is 23.4 Å². The smallest absolute Gasteiger partial charge is 0.325 e. The summed E-state index contributed by atoms with van der Waals surface area (Å²) in [5.74, 6) is -0.134. The Hall–Kier alpha value is -3.35. The molecular formula is C22H25N3O4. The Labute approximate surface area is 170 Å². The summed E-state index contributed by atoms with van der Waals surface area (Å²) in [5, 5.41) is 5.45. The molecule has 1 heterocycles. The zero-order valence-electron chi connectivity index (χ0n) is 16.8. The first kappa shape index (κ1) is 20.4. The van der Waals surface area contributed by atoms with E-state index in [0.717, 1.165) is 21.8 Å². The third kappa shape index (κ3) is 4.39. The quantitative estimate of drug-likeness (QED) is 0.705. The molecule has 2 aromatic carbocycles. The second kappa shape index (κ2) is 8.34. The normalized spacial score (nSPS) is 18.5. The summed E-state index contributed by atoms with van der Waals surface area (Å²) in [4.78, 5) is 38.6. The highest BCUT2D eigenvalue weighted by molar-refractivity contribution is 6.09. The molecule has 7 nitrogen and oxygen atoms in total. The van der Waals surface area contributed by atoms with Gasteiger partial charge in [0, 0.05) is 6.54 Å². The minimum absolute atomic E-state index is 0.276. The SMILES string of the molecule is CCOc1cccc(CNC(=O)CN2C(=O)NC(C)(c3ccc(C)cc3)C2=O)c1. The Morgan fingerprint density at radius 2 is 1.90 bits per heavy atom. The molecule has 1 aliphatic rings. The van der Waals surface area contributed by atoms with Gasteiger partial charge < -0.3 is 15.4 Å². The van der Waals surface area contributed by atoms with E-state index in [0.29, 0.717) is 12.2 Å². The van der Waals surface area contributed by atoms with Crippen LogP contribution in [0.1, 0.15) is 30.5 Å². The van der Waals surface area contributed by atoms with Gasteiger partial charge >= 0.3 is 6.03 Å². The second-order valence-electron chi connectivity index (χ2n) is 7.17. The van der Waals surface area contributed by atoms with Crippen LogP contribution in [-0.2, 0) is 21.7 Å². The maximum absolute atomic E-state index is 12.9. The highest BCUT2D eigenvalue weighted by Gasteiger charge is 2.49. The summed E-state index contributed by atoms with van der Waals surface area (Å²) < 4.78 is 5.44. The molecule has 1 unspecified atom stereocenters. The van der Waals surface area contributed by atoms with Gasteiger partial charge in [-0.1, -0.05) is 42.0 Å². The molecule has 0 bridgehead atoms. The Morgan fingerprint density at radius 1 is 1.17 bits per heavy atom. The molecule has 1 fully saturated rings. The van der Waals surface area contributed by atoms with Crippen molar-refractivity contribution in [3.63, 3.8) is 0 Å². The average Bonchev–Trinajstić information content (AvgIpc) is 2.91. The van der Waals surface area contributed by atoms with Gasteiger partial charge in [0.1, 0.15) is 17.8 Å². The van der Waals surface area contributed by atoms with Gasteiger partial charge in [-0.15, -0.1) is 0 Å². The van der Waals surface area contributed by atoms with Crippen LogP contribution in [0, 0.1) is 6.92 Å². The number of urea groups is 1. The lowest BCUT2D eigenvalue weighted by atomic mass is 9.91. The number of amides is 4. The van der Waals surface area contributed by atoms with Crippen LogP contribution in [0.3, 0.4) is 0 Å². The number of rotatable bonds is 7. The molecule has 152 valence electrons. The zero-order chi connectivity index (χ0) is 21.0. The molecule has 0 saturated carbocycles. The van der Waals surface area contributed by atoms with Crippen molar-refractivity contribution in [3.05, 3.63) is 65.2 Å². The van der Waals surface area contributed by atoms with Gasteiger partial charge in [-0.25, -0.2) is 4.79 Å². The van der Waals surface area contributed by atoms with Gasteiger partial charge in [-0.2, -0.15) is 0 Å². The zero-order valence-corrected chi connectivity index (χ0v) is 16.8. The van der Waals surface area contributed by atoms with Crippen molar-refractivity contribution in [3.8, 4) is 5.75 Å². The third-order valence-electron chi connectivity index (χ3n) is 4.90.